The van der Waals surface area contributed by atoms with Crippen LogP contribution in [0.15, 0.2) is 110 Å². The minimum atomic E-state index is -0.700. The number of hydrogen-bond donors (Lipinski definition) is 1. The molecular weight excluding hydrogens is 580 g/mol. The van der Waals surface area contributed by atoms with Gasteiger partial charge in [-0.05, 0) is 49.7 Å². The standard InChI is InChI=1S/C33H26N4O6S/c1-19-9-11-21(12-10-19)30-29(31(38)35-22-7-5-4-6-8-22)20(2)34-33-36(30)32(39)28(44-33)18-24-14-16-26(43-24)25-15-13-23(37(40)41)17-27(25)42-3/h4-18,30H,1-3H3,(H,35,38)/b28-18-. The molecule has 5 aromatic rings. The maximum atomic E-state index is 14.0. The Balaban J connectivity index is 1.43. The monoisotopic (exact) mass is 606 g/mol. The van der Waals surface area contributed by atoms with Crippen LogP contribution in [0.2, 0.25) is 0 Å². The van der Waals surface area contributed by atoms with Crippen molar-refractivity contribution >= 4 is 34.7 Å². The van der Waals surface area contributed by atoms with Crippen LogP contribution >= 0.6 is 11.3 Å². The number of fused-ring (bicyclic) bond motifs is 1. The van der Waals surface area contributed by atoms with E-state index in [-0.39, 0.29) is 22.9 Å². The van der Waals surface area contributed by atoms with Gasteiger partial charge in [-0.15, -0.1) is 0 Å². The maximum Gasteiger partial charge on any atom is 0.273 e. The zero-order valence-electron chi connectivity index (χ0n) is 23.9. The van der Waals surface area contributed by atoms with E-state index in [2.05, 4.69) is 10.3 Å². The zero-order chi connectivity index (χ0) is 31.0. The first-order valence-electron chi connectivity index (χ1n) is 13.6. The number of thiazole rings is 1. The quantitative estimate of drug-likeness (QED) is 0.196. The summed E-state index contributed by atoms with van der Waals surface area (Å²) in [5.74, 6) is 0.763. The number of nitrogens with zero attached hydrogens (tertiary/aromatic N) is 3. The van der Waals surface area contributed by atoms with Gasteiger partial charge in [0.1, 0.15) is 17.3 Å². The molecule has 6 rings (SSSR count). The van der Waals surface area contributed by atoms with Gasteiger partial charge in [-0.3, -0.25) is 24.3 Å². The van der Waals surface area contributed by atoms with Crippen LogP contribution in [0.5, 0.6) is 5.75 Å². The third-order valence-electron chi connectivity index (χ3n) is 7.25. The van der Waals surface area contributed by atoms with E-state index in [9.17, 15) is 19.7 Å². The van der Waals surface area contributed by atoms with Crippen molar-refractivity contribution in [2.24, 2.45) is 4.99 Å². The number of anilines is 1. The minimum Gasteiger partial charge on any atom is -0.496 e. The van der Waals surface area contributed by atoms with Crippen molar-refractivity contribution in [3.8, 4) is 17.1 Å². The van der Waals surface area contributed by atoms with Crippen LogP contribution in [0.1, 0.15) is 29.9 Å². The van der Waals surface area contributed by atoms with E-state index in [1.54, 1.807) is 47.9 Å². The molecule has 44 heavy (non-hydrogen) atoms. The molecule has 1 aliphatic rings. The predicted octanol–water partition coefficient (Wildman–Crippen LogP) is 5.36. The SMILES string of the molecule is COc1cc([N+](=O)[O-])ccc1-c1ccc(/C=c2\sc3n(c2=O)C(c2ccc(C)cc2)C(C(=O)Nc2ccccc2)=C(C)N=3)o1. The van der Waals surface area contributed by atoms with Crippen LogP contribution < -0.4 is 24.9 Å². The number of allylic oxidation sites excluding steroid dienone is 1. The van der Waals surface area contributed by atoms with Crippen molar-refractivity contribution in [3.63, 3.8) is 0 Å². The number of benzene rings is 3. The molecule has 0 saturated carbocycles. The highest BCUT2D eigenvalue weighted by Gasteiger charge is 2.32. The van der Waals surface area contributed by atoms with Crippen LogP contribution in [0.4, 0.5) is 11.4 Å². The fourth-order valence-corrected chi connectivity index (χ4v) is 6.12. The highest BCUT2D eigenvalue weighted by Crippen LogP contribution is 2.35. The van der Waals surface area contributed by atoms with Crippen molar-refractivity contribution in [2.45, 2.75) is 19.9 Å². The number of carbonyl (C=O) groups excluding carboxylic acids is 1. The zero-order valence-corrected chi connectivity index (χ0v) is 24.8. The summed E-state index contributed by atoms with van der Waals surface area (Å²) in [6.07, 6.45) is 1.63. The van der Waals surface area contributed by atoms with E-state index in [0.717, 1.165) is 11.1 Å². The summed E-state index contributed by atoms with van der Waals surface area (Å²) in [7, 11) is 1.42. The lowest BCUT2D eigenvalue weighted by Gasteiger charge is -2.25. The van der Waals surface area contributed by atoms with Gasteiger partial charge in [0.15, 0.2) is 4.80 Å². The fraction of sp³-hybridized carbons (Fsp3) is 0.121. The Morgan fingerprint density at radius 1 is 1.07 bits per heavy atom. The molecule has 11 heteroatoms. The van der Waals surface area contributed by atoms with Crippen LogP contribution in [-0.2, 0) is 4.79 Å². The van der Waals surface area contributed by atoms with Gasteiger partial charge in [-0.1, -0.05) is 59.4 Å². The number of ether oxygens (including phenoxy) is 1. The van der Waals surface area contributed by atoms with E-state index < -0.39 is 11.0 Å². The van der Waals surface area contributed by atoms with Gasteiger partial charge in [0.2, 0.25) is 0 Å². The van der Waals surface area contributed by atoms with E-state index >= 15 is 0 Å². The summed E-state index contributed by atoms with van der Waals surface area (Å²) in [4.78, 5) is 43.5. The molecule has 1 aliphatic heterocycles. The number of methoxy groups -OCH3 is 1. The summed E-state index contributed by atoms with van der Waals surface area (Å²) in [5, 5.41) is 14.1. The van der Waals surface area contributed by atoms with E-state index in [1.807, 2.05) is 49.4 Å². The van der Waals surface area contributed by atoms with Gasteiger partial charge in [-0.2, -0.15) is 0 Å². The lowest BCUT2D eigenvalue weighted by atomic mass is 9.94. The number of furan rings is 1. The number of nitro groups is 1. The van der Waals surface area contributed by atoms with Gasteiger partial charge in [-0.25, -0.2) is 4.99 Å². The van der Waals surface area contributed by atoms with Crippen LogP contribution in [-0.4, -0.2) is 22.5 Å². The smallest absolute Gasteiger partial charge is 0.273 e. The topological polar surface area (TPSA) is 129 Å². The third-order valence-corrected chi connectivity index (χ3v) is 8.24. The van der Waals surface area contributed by atoms with Gasteiger partial charge in [0.05, 0.1) is 45.5 Å². The second-order valence-electron chi connectivity index (χ2n) is 10.2. The second kappa shape index (κ2) is 11.6. The lowest BCUT2D eigenvalue weighted by Crippen LogP contribution is -2.40. The predicted molar refractivity (Wildman–Crippen MR) is 167 cm³/mol. The lowest BCUT2D eigenvalue weighted by molar-refractivity contribution is -0.384. The van der Waals surface area contributed by atoms with Crippen molar-refractivity contribution in [1.29, 1.82) is 0 Å². The molecule has 0 bridgehead atoms. The molecule has 3 aromatic carbocycles. The molecule has 2 aromatic heterocycles. The van der Waals surface area contributed by atoms with Crippen LogP contribution in [0.25, 0.3) is 17.4 Å². The Morgan fingerprint density at radius 2 is 1.82 bits per heavy atom. The summed E-state index contributed by atoms with van der Waals surface area (Å²) in [6, 6.07) is 23.8. The second-order valence-corrected chi connectivity index (χ2v) is 11.2. The Kier molecular flexibility index (Phi) is 7.54. The Labute approximate surface area is 255 Å². The molecule has 0 radical (unpaired) electrons. The van der Waals surface area contributed by atoms with E-state index in [0.29, 0.717) is 43.4 Å². The summed E-state index contributed by atoms with van der Waals surface area (Å²) in [5.41, 5.74) is 3.47. The Morgan fingerprint density at radius 3 is 2.52 bits per heavy atom. The first-order chi connectivity index (χ1) is 21.2. The number of nitro benzene ring substituents is 1. The maximum absolute atomic E-state index is 14.0. The molecule has 1 N–H and O–H groups in total. The number of para-hydroxylation sites is 1. The van der Waals surface area contributed by atoms with Crippen molar-refractivity contribution in [1.82, 2.24) is 4.57 Å². The highest BCUT2D eigenvalue weighted by atomic mass is 32.1. The highest BCUT2D eigenvalue weighted by molar-refractivity contribution is 7.07. The minimum absolute atomic E-state index is 0.103. The number of amides is 1. The van der Waals surface area contributed by atoms with Gasteiger partial charge in [0.25, 0.3) is 17.2 Å². The van der Waals surface area contributed by atoms with Crippen molar-refractivity contribution in [3.05, 3.63) is 143 Å². The first kappa shape index (κ1) is 28.6. The summed E-state index contributed by atoms with van der Waals surface area (Å²) >= 11 is 1.20. The molecule has 220 valence electrons. The molecule has 1 atom stereocenters. The Hall–Kier alpha value is -5.55. The van der Waals surface area contributed by atoms with E-state index in [4.69, 9.17) is 9.15 Å². The molecule has 10 nitrogen and oxygen atoms in total. The molecule has 1 amide bonds. The summed E-state index contributed by atoms with van der Waals surface area (Å²) < 4.78 is 13.3. The number of nitrogens with one attached hydrogen (secondary N) is 1. The van der Waals surface area contributed by atoms with Crippen LogP contribution in [0, 0.1) is 17.0 Å². The number of non-ortho nitro benzene ring substituents is 1. The number of aryl methyl sites for hydroxylation is 1. The first-order valence-corrected chi connectivity index (χ1v) is 14.4. The fourth-order valence-electron chi connectivity index (χ4n) is 5.10. The third kappa shape index (κ3) is 5.36. The molecular formula is C33H26N4O6S. The molecule has 0 spiro atoms. The average molecular weight is 607 g/mol. The van der Waals surface area contributed by atoms with Gasteiger partial charge < -0.3 is 14.5 Å². The largest absolute Gasteiger partial charge is 0.496 e. The Bertz CT molecular complexity index is 2130. The normalized spacial score (nSPS) is 14.6. The van der Waals surface area contributed by atoms with Crippen molar-refractivity contribution < 1.29 is 18.9 Å². The number of carbonyl (C=O) groups is 1. The molecule has 0 saturated heterocycles. The number of aromatic nitrogens is 1. The number of hydrogen-bond acceptors (Lipinski definition) is 8. The van der Waals surface area contributed by atoms with Crippen molar-refractivity contribution in [2.75, 3.05) is 12.4 Å². The molecule has 1 unspecified atom stereocenters. The van der Waals surface area contributed by atoms with E-state index in [1.165, 1.54) is 30.6 Å². The van der Waals surface area contributed by atoms with Gasteiger partial charge >= 0.3 is 0 Å². The molecule has 3 heterocycles. The molecule has 0 aliphatic carbocycles. The van der Waals surface area contributed by atoms with Gasteiger partial charge in [0, 0.05) is 17.8 Å². The summed E-state index contributed by atoms with van der Waals surface area (Å²) in [6.45, 7) is 3.75. The number of rotatable bonds is 7. The van der Waals surface area contributed by atoms with Crippen LogP contribution in [0.3, 0.4) is 0 Å². The molecule has 0 fully saturated rings. The average Bonchev–Trinajstić information content (AvgIpc) is 3.60.